The normalized spacial score (nSPS) is 27.4. The van der Waals surface area contributed by atoms with E-state index in [0.29, 0.717) is 12.8 Å². The maximum Gasteiger partial charge on any atom is 0.310 e. The predicted molar refractivity (Wildman–Crippen MR) is 73.7 cm³/mol. The minimum Gasteiger partial charge on any atom is -0.481 e. The Bertz CT molecular complexity index is 608. The number of aryl methyl sites for hydroxylation is 1. The Kier molecular flexibility index (Phi) is 3.93. The lowest BCUT2D eigenvalue weighted by Gasteiger charge is -2.37. The first-order valence-electron chi connectivity index (χ1n) is 6.63. The van der Waals surface area contributed by atoms with Crippen LogP contribution in [0.5, 0.6) is 0 Å². The number of aromatic nitrogens is 1. The van der Waals surface area contributed by atoms with Crippen LogP contribution >= 0.6 is 0 Å². The SMILES string of the molecule is Cn1ccc(S(=O)(=O)NC2CCCCC2(C)C(=O)O)c1. The summed E-state index contributed by atoms with van der Waals surface area (Å²) in [7, 11) is -1.94. The molecule has 1 aliphatic rings. The van der Waals surface area contributed by atoms with Gasteiger partial charge < -0.3 is 9.67 Å². The average molecular weight is 300 g/mol. The van der Waals surface area contributed by atoms with Gasteiger partial charge in [0.2, 0.25) is 10.0 Å². The lowest BCUT2D eigenvalue weighted by atomic mass is 9.72. The zero-order valence-corrected chi connectivity index (χ0v) is 12.5. The molecule has 0 aromatic carbocycles. The topological polar surface area (TPSA) is 88.4 Å². The Morgan fingerprint density at radius 2 is 2.20 bits per heavy atom. The number of carboxylic acid groups (broad SMARTS) is 1. The molecule has 2 N–H and O–H groups in total. The van der Waals surface area contributed by atoms with Crippen LogP contribution in [0.25, 0.3) is 0 Å². The van der Waals surface area contributed by atoms with Gasteiger partial charge in [-0.3, -0.25) is 4.79 Å². The lowest BCUT2D eigenvalue weighted by Crippen LogP contribution is -2.52. The first kappa shape index (κ1) is 15.1. The molecule has 6 nitrogen and oxygen atoms in total. The fourth-order valence-electron chi connectivity index (χ4n) is 2.67. The van der Waals surface area contributed by atoms with Gasteiger partial charge in [0.1, 0.15) is 0 Å². The Labute approximate surface area is 118 Å². The summed E-state index contributed by atoms with van der Waals surface area (Å²) in [5.41, 5.74) is -1.04. The van der Waals surface area contributed by atoms with E-state index in [1.807, 2.05) is 0 Å². The minimum atomic E-state index is -3.68. The van der Waals surface area contributed by atoms with Crippen molar-refractivity contribution in [2.75, 3.05) is 0 Å². The fraction of sp³-hybridized carbons (Fsp3) is 0.615. The molecule has 2 atom stereocenters. The summed E-state index contributed by atoms with van der Waals surface area (Å²) in [5.74, 6) is -0.946. The molecule has 112 valence electrons. The summed E-state index contributed by atoms with van der Waals surface area (Å²) in [4.78, 5) is 11.6. The highest BCUT2D eigenvalue weighted by molar-refractivity contribution is 7.89. The van der Waals surface area contributed by atoms with E-state index in [4.69, 9.17) is 0 Å². The zero-order valence-electron chi connectivity index (χ0n) is 11.7. The van der Waals surface area contributed by atoms with Crippen molar-refractivity contribution in [2.45, 2.75) is 43.5 Å². The molecule has 0 amide bonds. The molecular weight excluding hydrogens is 280 g/mol. The van der Waals surface area contributed by atoms with Crippen LogP contribution in [-0.4, -0.2) is 30.1 Å². The van der Waals surface area contributed by atoms with Gasteiger partial charge in [-0.15, -0.1) is 0 Å². The first-order chi connectivity index (χ1) is 9.25. The lowest BCUT2D eigenvalue weighted by molar-refractivity contribution is -0.151. The van der Waals surface area contributed by atoms with Gasteiger partial charge in [-0.1, -0.05) is 12.8 Å². The highest BCUT2D eigenvalue weighted by Crippen LogP contribution is 2.37. The third kappa shape index (κ3) is 2.73. The van der Waals surface area contributed by atoms with Crippen LogP contribution in [0.2, 0.25) is 0 Å². The van der Waals surface area contributed by atoms with Crippen molar-refractivity contribution in [1.29, 1.82) is 0 Å². The molecule has 0 radical (unpaired) electrons. The largest absolute Gasteiger partial charge is 0.481 e. The van der Waals surface area contributed by atoms with Crippen molar-refractivity contribution < 1.29 is 18.3 Å². The smallest absolute Gasteiger partial charge is 0.310 e. The Morgan fingerprint density at radius 3 is 2.75 bits per heavy atom. The minimum absolute atomic E-state index is 0.165. The highest BCUT2D eigenvalue weighted by atomic mass is 32.2. The van der Waals surface area contributed by atoms with Crippen molar-refractivity contribution in [3.8, 4) is 0 Å². The molecule has 1 aromatic rings. The molecule has 0 aliphatic heterocycles. The van der Waals surface area contributed by atoms with Crippen molar-refractivity contribution in [1.82, 2.24) is 9.29 Å². The van der Waals surface area contributed by atoms with Gasteiger partial charge in [0, 0.05) is 25.5 Å². The number of nitrogens with zero attached hydrogens (tertiary/aromatic N) is 1. The summed E-state index contributed by atoms with van der Waals surface area (Å²) < 4.78 is 28.8. The molecule has 2 unspecified atom stereocenters. The molecule has 20 heavy (non-hydrogen) atoms. The second-order valence-electron chi connectivity index (χ2n) is 5.65. The van der Waals surface area contributed by atoms with Gasteiger partial charge in [-0.05, 0) is 25.8 Å². The molecule has 2 rings (SSSR count). The predicted octanol–water partition coefficient (Wildman–Crippen LogP) is 1.34. The monoisotopic (exact) mass is 300 g/mol. The van der Waals surface area contributed by atoms with Crippen molar-refractivity contribution in [3.05, 3.63) is 18.5 Å². The van der Waals surface area contributed by atoms with E-state index >= 15 is 0 Å². The second-order valence-corrected chi connectivity index (χ2v) is 7.37. The van der Waals surface area contributed by atoms with Gasteiger partial charge in [0.25, 0.3) is 0 Å². The average Bonchev–Trinajstić information content (AvgIpc) is 2.79. The van der Waals surface area contributed by atoms with E-state index in [2.05, 4.69) is 4.72 Å². The molecule has 1 heterocycles. The highest BCUT2D eigenvalue weighted by Gasteiger charge is 2.44. The van der Waals surface area contributed by atoms with Crippen LogP contribution in [0.4, 0.5) is 0 Å². The van der Waals surface area contributed by atoms with Gasteiger partial charge >= 0.3 is 5.97 Å². The summed E-state index contributed by atoms with van der Waals surface area (Å²) in [6.07, 6.45) is 5.84. The number of rotatable bonds is 4. The number of nitrogens with one attached hydrogen (secondary N) is 1. The third-order valence-corrected chi connectivity index (χ3v) is 5.57. The number of carboxylic acids is 1. The van der Waals surface area contributed by atoms with E-state index in [0.717, 1.165) is 12.8 Å². The Balaban J connectivity index is 2.25. The van der Waals surface area contributed by atoms with E-state index < -0.39 is 27.4 Å². The first-order valence-corrected chi connectivity index (χ1v) is 8.12. The molecule has 1 fully saturated rings. The van der Waals surface area contributed by atoms with Gasteiger partial charge in [0.15, 0.2) is 0 Å². The number of hydrogen-bond donors (Lipinski definition) is 2. The zero-order chi connectivity index (χ0) is 15.0. The summed E-state index contributed by atoms with van der Waals surface area (Å²) >= 11 is 0. The quantitative estimate of drug-likeness (QED) is 0.878. The standard InChI is InChI=1S/C13H20N2O4S/c1-13(12(16)17)7-4-3-5-11(13)14-20(18,19)10-6-8-15(2)9-10/h6,8-9,11,14H,3-5,7H2,1-2H3,(H,16,17). The molecule has 1 aliphatic carbocycles. The number of hydrogen-bond acceptors (Lipinski definition) is 3. The number of aliphatic carboxylic acids is 1. The number of carbonyl (C=O) groups is 1. The summed E-state index contributed by atoms with van der Waals surface area (Å²) in [6.45, 7) is 1.62. The van der Waals surface area contributed by atoms with Crippen LogP contribution in [0.15, 0.2) is 23.4 Å². The van der Waals surface area contributed by atoms with Crippen LogP contribution in [0, 0.1) is 5.41 Å². The maximum atomic E-state index is 12.3. The van der Waals surface area contributed by atoms with Gasteiger partial charge in [-0.25, -0.2) is 13.1 Å². The summed E-state index contributed by atoms with van der Waals surface area (Å²) in [5, 5.41) is 9.40. The van der Waals surface area contributed by atoms with Crippen LogP contribution in [0.1, 0.15) is 32.6 Å². The van der Waals surface area contributed by atoms with Crippen molar-refractivity contribution in [2.24, 2.45) is 12.5 Å². The molecule has 1 aromatic heterocycles. The molecule has 7 heteroatoms. The van der Waals surface area contributed by atoms with Crippen molar-refractivity contribution >= 4 is 16.0 Å². The molecule has 1 saturated carbocycles. The second kappa shape index (κ2) is 5.21. The van der Waals surface area contributed by atoms with Gasteiger partial charge in [-0.2, -0.15) is 0 Å². The number of sulfonamides is 1. The molecule has 0 bridgehead atoms. The van der Waals surface area contributed by atoms with Crippen LogP contribution in [-0.2, 0) is 21.9 Å². The van der Waals surface area contributed by atoms with E-state index in [1.54, 1.807) is 24.7 Å². The molecular formula is C13H20N2O4S. The van der Waals surface area contributed by atoms with Gasteiger partial charge in [0.05, 0.1) is 10.3 Å². The van der Waals surface area contributed by atoms with Crippen LogP contribution < -0.4 is 4.72 Å². The molecule has 0 spiro atoms. The van der Waals surface area contributed by atoms with E-state index in [-0.39, 0.29) is 4.90 Å². The van der Waals surface area contributed by atoms with Crippen molar-refractivity contribution in [3.63, 3.8) is 0 Å². The molecule has 0 saturated heterocycles. The fourth-order valence-corrected chi connectivity index (χ4v) is 4.10. The van der Waals surface area contributed by atoms with E-state index in [1.165, 1.54) is 12.3 Å². The Hall–Kier alpha value is -1.34. The Morgan fingerprint density at radius 1 is 1.50 bits per heavy atom. The maximum absolute atomic E-state index is 12.3. The third-order valence-electron chi connectivity index (χ3n) is 4.11. The summed E-state index contributed by atoms with van der Waals surface area (Å²) in [6, 6.07) is 0.933. The van der Waals surface area contributed by atoms with E-state index in [9.17, 15) is 18.3 Å². The van der Waals surface area contributed by atoms with Crippen LogP contribution in [0.3, 0.4) is 0 Å².